The van der Waals surface area contributed by atoms with Crippen LogP contribution < -0.4 is 5.19 Å². The Hall–Kier alpha value is -4.20. The molecule has 0 atom stereocenters. The van der Waals surface area contributed by atoms with Crippen molar-refractivity contribution in [3.8, 4) is 22.3 Å². The van der Waals surface area contributed by atoms with Crippen LogP contribution in [0.5, 0.6) is 0 Å². The summed E-state index contributed by atoms with van der Waals surface area (Å²) in [5, 5.41) is 4.73. The highest BCUT2D eigenvalue weighted by Crippen LogP contribution is 2.43. The quantitative estimate of drug-likeness (QED) is 0.199. The normalized spacial score (nSPS) is 14.0. The minimum atomic E-state index is -2.20. The second kappa shape index (κ2) is 9.77. The summed E-state index contributed by atoms with van der Waals surface area (Å²) < 4.78 is 0. The van der Waals surface area contributed by atoms with Crippen LogP contribution in [0.3, 0.4) is 0 Å². The van der Waals surface area contributed by atoms with Gasteiger partial charge in [0.05, 0.1) is 0 Å². The molecule has 0 heterocycles. The molecule has 1 heteroatoms. The summed E-state index contributed by atoms with van der Waals surface area (Å²) in [6, 6.07) is 43.1. The first-order chi connectivity index (χ1) is 19.5. The minimum absolute atomic E-state index is 1.03. The van der Waals surface area contributed by atoms with Crippen LogP contribution in [0.2, 0.25) is 6.55 Å². The van der Waals surface area contributed by atoms with Crippen LogP contribution in [-0.2, 0) is 12.8 Å². The monoisotopic (exact) mass is 530 g/mol. The number of hydrogen-bond donors (Lipinski definition) is 0. The summed E-state index contributed by atoms with van der Waals surface area (Å²) in [7, 11) is -2.20. The van der Waals surface area contributed by atoms with E-state index in [0.717, 1.165) is 12.8 Å². The fourth-order valence-electron chi connectivity index (χ4n) is 6.70. The summed E-state index contributed by atoms with van der Waals surface area (Å²) in [4.78, 5) is 0. The average Bonchev–Trinajstić information content (AvgIpc) is 3.63. The zero-order valence-electron chi connectivity index (χ0n) is 23.5. The van der Waals surface area contributed by atoms with Crippen molar-refractivity contribution in [2.45, 2.75) is 33.2 Å². The minimum Gasteiger partial charge on any atom is -0.0668 e. The Morgan fingerprint density at radius 2 is 0.925 bits per heavy atom. The van der Waals surface area contributed by atoms with Crippen LogP contribution in [0.4, 0.5) is 0 Å². The number of hydrogen-bond acceptors (Lipinski definition) is 0. The first-order valence-electron chi connectivity index (χ1n) is 14.4. The third kappa shape index (κ3) is 4.13. The summed E-state index contributed by atoms with van der Waals surface area (Å²) in [6.45, 7) is 6.91. The van der Waals surface area contributed by atoms with Crippen molar-refractivity contribution >= 4 is 25.4 Å². The second-order valence-corrected chi connectivity index (χ2v) is 15.8. The van der Waals surface area contributed by atoms with Gasteiger partial charge in [0.15, 0.2) is 0 Å². The van der Waals surface area contributed by atoms with E-state index >= 15 is 0 Å². The number of benzene rings is 5. The standard InChI is InChI=1S/C39H34Si/c1-27-15-19-29(20-16-27)36-13-7-9-31-23-34(25-38(31)36)40(3,33-11-5-4-6-12-33)35-24-32-10-8-14-37(39(32)26-35)30-21-17-28(2)18-22-30/h4-22,25-26H,23-24H2,1-3H3. The largest absolute Gasteiger partial charge is 0.137 e. The molecule has 0 aliphatic heterocycles. The average molecular weight is 531 g/mol. The van der Waals surface area contributed by atoms with E-state index < -0.39 is 8.07 Å². The van der Waals surface area contributed by atoms with E-state index in [-0.39, 0.29) is 0 Å². The Labute approximate surface area is 239 Å². The van der Waals surface area contributed by atoms with Gasteiger partial charge in [0.1, 0.15) is 8.07 Å². The van der Waals surface area contributed by atoms with Crippen LogP contribution in [0.1, 0.15) is 33.4 Å². The predicted molar refractivity (Wildman–Crippen MR) is 174 cm³/mol. The van der Waals surface area contributed by atoms with Gasteiger partial charge in [-0.15, -0.1) is 0 Å². The molecule has 0 radical (unpaired) electrons. The first-order valence-corrected chi connectivity index (χ1v) is 16.9. The van der Waals surface area contributed by atoms with E-state index in [9.17, 15) is 0 Å². The van der Waals surface area contributed by atoms with Crippen LogP contribution in [-0.4, -0.2) is 8.07 Å². The van der Waals surface area contributed by atoms with E-state index in [1.165, 1.54) is 60.8 Å². The van der Waals surface area contributed by atoms with Gasteiger partial charge in [-0.25, -0.2) is 0 Å². The Morgan fingerprint density at radius 3 is 1.38 bits per heavy atom. The molecule has 5 aromatic carbocycles. The molecule has 2 aliphatic rings. The van der Waals surface area contributed by atoms with Crippen molar-refractivity contribution < 1.29 is 0 Å². The number of allylic oxidation sites excluding steroid dienone is 2. The maximum absolute atomic E-state index is 2.59. The lowest BCUT2D eigenvalue weighted by molar-refractivity contribution is 1.23. The molecule has 40 heavy (non-hydrogen) atoms. The summed E-state index contributed by atoms with van der Waals surface area (Å²) >= 11 is 0. The molecule has 5 aromatic rings. The Morgan fingerprint density at radius 1 is 0.475 bits per heavy atom. The fourth-order valence-corrected chi connectivity index (χ4v) is 10.7. The van der Waals surface area contributed by atoms with Gasteiger partial charge in [-0.2, -0.15) is 0 Å². The van der Waals surface area contributed by atoms with E-state index in [0.29, 0.717) is 0 Å². The lowest BCUT2D eigenvalue weighted by Gasteiger charge is -2.32. The predicted octanol–water partition coefficient (Wildman–Crippen LogP) is 9.28. The summed E-state index contributed by atoms with van der Waals surface area (Å²) in [5.41, 5.74) is 13.6. The van der Waals surface area contributed by atoms with E-state index in [1.54, 1.807) is 10.4 Å². The van der Waals surface area contributed by atoms with Gasteiger partial charge < -0.3 is 0 Å². The number of fused-ring (bicyclic) bond motifs is 2. The maximum atomic E-state index is 2.59. The molecule has 0 saturated heterocycles. The zero-order valence-corrected chi connectivity index (χ0v) is 24.5. The van der Waals surface area contributed by atoms with Gasteiger partial charge in [-0.3, -0.25) is 0 Å². The zero-order chi connectivity index (χ0) is 27.3. The van der Waals surface area contributed by atoms with Gasteiger partial charge in [0, 0.05) is 0 Å². The van der Waals surface area contributed by atoms with Crippen LogP contribution >= 0.6 is 0 Å². The Balaban J connectivity index is 1.36. The second-order valence-electron chi connectivity index (χ2n) is 11.7. The van der Waals surface area contributed by atoms with Gasteiger partial charge in [0.2, 0.25) is 0 Å². The molecule has 0 amide bonds. The van der Waals surface area contributed by atoms with Crippen LogP contribution in [0, 0.1) is 13.8 Å². The van der Waals surface area contributed by atoms with Crippen molar-refractivity contribution in [3.05, 3.63) is 159 Å². The lowest BCUT2D eigenvalue weighted by atomic mass is 9.97. The number of rotatable bonds is 5. The van der Waals surface area contributed by atoms with E-state index in [1.807, 2.05) is 0 Å². The van der Waals surface area contributed by atoms with Crippen molar-refractivity contribution in [2.24, 2.45) is 0 Å². The van der Waals surface area contributed by atoms with Crippen molar-refractivity contribution in [1.29, 1.82) is 0 Å². The van der Waals surface area contributed by atoms with E-state index in [2.05, 4.69) is 148 Å². The summed E-state index contributed by atoms with van der Waals surface area (Å²) in [6.07, 6.45) is 7.19. The van der Waals surface area contributed by atoms with Crippen molar-refractivity contribution in [3.63, 3.8) is 0 Å². The third-order valence-electron chi connectivity index (χ3n) is 9.15. The maximum Gasteiger partial charge on any atom is 0.137 e. The molecular weight excluding hydrogens is 497 g/mol. The molecule has 0 N–H and O–H groups in total. The fraction of sp³-hybridized carbons (Fsp3) is 0.128. The Kier molecular flexibility index (Phi) is 6.06. The van der Waals surface area contributed by atoms with Crippen LogP contribution in [0.25, 0.3) is 34.4 Å². The van der Waals surface area contributed by atoms with Crippen LogP contribution in [0.15, 0.2) is 126 Å². The highest BCUT2D eigenvalue weighted by Gasteiger charge is 2.41. The molecule has 0 saturated carbocycles. The van der Waals surface area contributed by atoms with Gasteiger partial charge >= 0.3 is 0 Å². The Bertz CT molecular complexity index is 1670. The van der Waals surface area contributed by atoms with Gasteiger partial charge in [-0.05, 0) is 71.2 Å². The topological polar surface area (TPSA) is 0 Å². The van der Waals surface area contributed by atoms with Gasteiger partial charge in [-0.1, -0.05) is 161 Å². The van der Waals surface area contributed by atoms with Crippen molar-refractivity contribution in [1.82, 2.24) is 0 Å². The van der Waals surface area contributed by atoms with Gasteiger partial charge in [0.25, 0.3) is 0 Å². The molecule has 0 aromatic heterocycles. The molecule has 0 bridgehead atoms. The molecule has 0 spiro atoms. The highest BCUT2D eigenvalue weighted by atomic mass is 28.3. The molecule has 194 valence electrons. The smallest absolute Gasteiger partial charge is 0.0668 e. The molecule has 0 unspecified atom stereocenters. The SMILES string of the molecule is Cc1ccc(-c2cccc3c2C=C([Si](C)(C2=Cc4c(cccc4-c4ccc(C)cc4)C2)c2ccccc2)C3)cc1. The number of aryl methyl sites for hydroxylation is 2. The molecule has 0 fully saturated rings. The van der Waals surface area contributed by atoms with Crippen molar-refractivity contribution in [2.75, 3.05) is 0 Å². The highest BCUT2D eigenvalue weighted by molar-refractivity contribution is 7.03. The molecule has 2 aliphatic carbocycles. The molecule has 0 nitrogen and oxygen atoms in total. The molecular formula is C39H34Si. The van der Waals surface area contributed by atoms with E-state index in [4.69, 9.17) is 0 Å². The lowest BCUT2D eigenvalue weighted by Crippen LogP contribution is -2.49. The third-order valence-corrected chi connectivity index (χ3v) is 13.9. The summed E-state index contributed by atoms with van der Waals surface area (Å²) in [5.74, 6) is 0. The molecule has 7 rings (SSSR count). The first kappa shape index (κ1) is 24.8.